The van der Waals surface area contributed by atoms with Crippen LogP contribution in [0.15, 0.2) is 28.7 Å². The van der Waals surface area contributed by atoms with Crippen molar-refractivity contribution in [3.05, 3.63) is 40.1 Å². The highest BCUT2D eigenvalue weighted by atomic mass is 79.9. The molecule has 0 atom stereocenters. The second-order valence-corrected chi connectivity index (χ2v) is 4.99. The molecule has 0 aliphatic rings. The number of carbonyl (C=O) groups is 1. The summed E-state index contributed by atoms with van der Waals surface area (Å²) in [5, 5.41) is 9.39. The smallest absolute Gasteiger partial charge is 0.259 e. The van der Waals surface area contributed by atoms with Gasteiger partial charge in [0.2, 0.25) is 5.95 Å². The predicted molar refractivity (Wildman–Crippen MR) is 72.6 cm³/mol. The molecule has 1 amide bonds. The van der Waals surface area contributed by atoms with Crippen molar-refractivity contribution in [2.45, 2.75) is 19.8 Å². The van der Waals surface area contributed by atoms with Crippen LogP contribution in [0.2, 0.25) is 0 Å². The van der Waals surface area contributed by atoms with Gasteiger partial charge in [-0.15, -0.1) is 5.10 Å². The minimum absolute atomic E-state index is 0.239. The third-order valence-corrected chi connectivity index (χ3v) is 3.08. The molecule has 1 aromatic carbocycles. The highest BCUT2D eigenvalue weighted by molar-refractivity contribution is 9.10. The van der Waals surface area contributed by atoms with Crippen molar-refractivity contribution in [2.75, 3.05) is 5.32 Å². The summed E-state index contributed by atoms with van der Waals surface area (Å²) in [6.07, 6.45) is 0. The van der Waals surface area contributed by atoms with Gasteiger partial charge < -0.3 is 0 Å². The topological polar surface area (TPSA) is 70.7 Å². The van der Waals surface area contributed by atoms with Gasteiger partial charge in [0.25, 0.3) is 5.91 Å². The lowest BCUT2D eigenvalue weighted by atomic mass is 10.2. The molecular weight excluding hydrogens is 296 g/mol. The molecule has 6 heteroatoms. The number of anilines is 1. The summed E-state index contributed by atoms with van der Waals surface area (Å²) in [5.74, 6) is 1.04. The fourth-order valence-electron chi connectivity index (χ4n) is 1.40. The first-order valence-corrected chi connectivity index (χ1v) is 6.35. The number of benzene rings is 1. The molecule has 0 radical (unpaired) electrons. The quantitative estimate of drug-likeness (QED) is 0.915. The Kier molecular flexibility index (Phi) is 3.76. The molecular formula is C12H13BrN4O. The van der Waals surface area contributed by atoms with Crippen molar-refractivity contribution in [3.63, 3.8) is 0 Å². The van der Waals surface area contributed by atoms with Gasteiger partial charge in [-0.3, -0.25) is 15.2 Å². The van der Waals surface area contributed by atoms with Crippen LogP contribution >= 0.6 is 15.9 Å². The second kappa shape index (κ2) is 5.30. The van der Waals surface area contributed by atoms with Crippen molar-refractivity contribution in [2.24, 2.45) is 0 Å². The summed E-state index contributed by atoms with van der Waals surface area (Å²) < 4.78 is 0.738. The molecule has 0 saturated carbocycles. The van der Waals surface area contributed by atoms with Gasteiger partial charge in [0.05, 0.1) is 5.56 Å². The van der Waals surface area contributed by atoms with Crippen LogP contribution in [-0.4, -0.2) is 21.1 Å². The Hall–Kier alpha value is -1.69. The van der Waals surface area contributed by atoms with E-state index in [9.17, 15) is 4.79 Å². The van der Waals surface area contributed by atoms with Crippen LogP contribution in [0.25, 0.3) is 0 Å². The Labute approximate surface area is 113 Å². The van der Waals surface area contributed by atoms with Crippen LogP contribution in [0.3, 0.4) is 0 Å². The summed E-state index contributed by atoms with van der Waals surface area (Å²) in [6.45, 7) is 4.00. The van der Waals surface area contributed by atoms with E-state index in [0.717, 1.165) is 10.3 Å². The first kappa shape index (κ1) is 12.8. The standard InChI is InChI=1S/C12H13BrN4O/c1-7(2)10-14-12(17-16-10)15-11(18)8-5-3-4-6-9(8)13/h3-7H,1-2H3,(H2,14,15,16,17,18). The highest BCUT2D eigenvalue weighted by Gasteiger charge is 2.13. The molecule has 2 N–H and O–H groups in total. The number of amides is 1. The number of rotatable bonds is 3. The van der Waals surface area contributed by atoms with Crippen molar-refractivity contribution >= 4 is 27.8 Å². The van der Waals surface area contributed by atoms with Crippen molar-refractivity contribution in [1.29, 1.82) is 0 Å². The van der Waals surface area contributed by atoms with Crippen molar-refractivity contribution in [3.8, 4) is 0 Å². The summed E-state index contributed by atoms with van der Waals surface area (Å²) in [6, 6.07) is 7.20. The van der Waals surface area contributed by atoms with E-state index in [1.165, 1.54) is 0 Å². The summed E-state index contributed by atoms with van der Waals surface area (Å²) >= 11 is 3.33. The molecule has 2 rings (SSSR count). The molecule has 94 valence electrons. The lowest BCUT2D eigenvalue weighted by molar-refractivity contribution is 0.102. The maximum absolute atomic E-state index is 12.0. The molecule has 1 heterocycles. The van der Waals surface area contributed by atoms with Gasteiger partial charge >= 0.3 is 0 Å². The van der Waals surface area contributed by atoms with Crippen molar-refractivity contribution in [1.82, 2.24) is 15.2 Å². The normalized spacial score (nSPS) is 10.7. The van der Waals surface area contributed by atoms with Crippen LogP contribution in [0.4, 0.5) is 5.95 Å². The lowest BCUT2D eigenvalue weighted by Crippen LogP contribution is -2.13. The largest absolute Gasteiger partial charge is 0.289 e. The van der Waals surface area contributed by atoms with E-state index in [1.807, 2.05) is 26.0 Å². The van der Waals surface area contributed by atoms with Gasteiger partial charge in [-0.2, -0.15) is 4.98 Å². The monoisotopic (exact) mass is 308 g/mol. The molecule has 0 spiro atoms. The molecule has 0 aliphatic heterocycles. The number of H-pyrrole nitrogens is 1. The SMILES string of the molecule is CC(C)c1nc(NC(=O)c2ccccc2Br)n[nH]1. The van der Waals surface area contributed by atoms with Gasteiger partial charge in [0, 0.05) is 10.4 Å². The molecule has 2 aromatic rings. The Morgan fingerprint density at radius 3 is 2.72 bits per heavy atom. The van der Waals surface area contributed by atoms with Crippen LogP contribution in [0, 0.1) is 0 Å². The van der Waals surface area contributed by atoms with Crippen LogP contribution in [-0.2, 0) is 0 Å². The molecule has 0 aliphatic carbocycles. The van der Waals surface area contributed by atoms with E-state index in [4.69, 9.17) is 0 Å². The Morgan fingerprint density at radius 2 is 2.11 bits per heavy atom. The number of aromatic amines is 1. The van der Waals surface area contributed by atoms with E-state index >= 15 is 0 Å². The number of carbonyl (C=O) groups excluding carboxylic acids is 1. The molecule has 5 nitrogen and oxygen atoms in total. The number of nitrogens with one attached hydrogen (secondary N) is 2. The average molecular weight is 309 g/mol. The number of halogens is 1. The first-order valence-electron chi connectivity index (χ1n) is 5.56. The van der Waals surface area contributed by atoms with Gasteiger partial charge in [-0.25, -0.2) is 0 Å². The minimum atomic E-state index is -0.239. The highest BCUT2D eigenvalue weighted by Crippen LogP contribution is 2.17. The Morgan fingerprint density at radius 1 is 1.39 bits per heavy atom. The fraction of sp³-hybridized carbons (Fsp3) is 0.250. The predicted octanol–water partition coefficient (Wildman–Crippen LogP) is 2.94. The molecule has 1 aromatic heterocycles. The first-order chi connectivity index (χ1) is 8.58. The van der Waals surface area contributed by atoms with E-state index < -0.39 is 0 Å². The maximum atomic E-state index is 12.0. The second-order valence-electron chi connectivity index (χ2n) is 4.13. The number of hydrogen-bond donors (Lipinski definition) is 2. The Balaban J connectivity index is 2.14. The summed E-state index contributed by atoms with van der Waals surface area (Å²) in [7, 11) is 0. The third-order valence-electron chi connectivity index (χ3n) is 2.39. The van der Waals surface area contributed by atoms with Gasteiger partial charge in [0.1, 0.15) is 5.82 Å². The van der Waals surface area contributed by atoms with E-state index in [-0.39, 0.29) is 11.8 Å². The van der Waals surface area contributed by atoms with Gasteiger partial charge in [-0.1, -0.05) is 26.0 Å². The summed E-state index contributed by atoms with van der Waals surface area (Å²) in [4.78, 5) is 16.2. The molecule has 0 fully saturated rings. The van der Waals surface area contributed by atoms with Crippen molar-refractivity contribution < 1.29 is 4.79 Å². The zero-order valence-electron chi connectivity index (χ0n) is 10.1. The maximum Gasteiger partial charge on any atom is 0.259 e. The number of nitrogens with zero attached hydrogens (tertiary/aromatic N) is 2. The van der Waals surface area contributed by atoms with E-state index in [1.54, 1.807) is 12.1 Å². The summed E-state index contributed by atoms with van der Waals surface area (Å²) in [5.41, 5.74) is 0.549. The van der Waals surface area contributed by atoms with Gasteiger partial charge in [0.15, 0.2) is 0 Å². The number of hydrogen-bond acceptors (Lipinski definition) is 3. The van der Waals surface area contributed by atoms with Crippen LogP contribution in [0.1, 0.15) is 35.9 Å². The molecule has 0 unspecified atom stereocenters. The minimum Gasteiger partial charge on any atom is -0.289 e. The molecule has 0 bridgehead atoms. The lowest BCUT2D eigenvalue weighted by Gasteiger charge is -2.02. The van der Waals surface area contributed by atoms with E-state index in [0.29, 0.717) is 11.5 Å². The average Bonchev–Trinajstić information content (AvgIpc) is 2.78. The van der Waals surface area contributed by atoms with Gasteiger partial charge in [-0.05, 0) is 28.1 Å². The number of aromatic nitrogens is 3. The third kappa shape index (κ3) is 2.76. The zero-order chi connectivity index (χ0) is 13.1. The van der Waals surface area contributed by atoms with Crippen LogP contribution in [0.5, 0.6) is 0 Å². The Bertz CT molecular complexity index is 565. The zero-order valence-corrected chi connectivity index (χ0v) is 11.7. The van der Waals surface area contributed by atoms with Crippen LogP contribution < -0.4 is 5.32 Å². The molecule has 18 heavy (non-hydrogen) atoms. The molecule has 0 saturated heterocycles. The van der Waals surface area contributed by atoms with E-state index in [2.05, 4.69) is 36.4 Å². The fourth-order valence-corrected chi connectivity index (χ4v) is 1.87.